The summed E-state index contributed by atoms with van der Waals surface area (Å²) in [5.74, 6) is 0.0693. The maximum Gasteiger partial charge on any atom is 0.254 e. The van der Waals surface area contributed by atoms with Crippen LogP contribution in [0.4, 0.5) is 5.69 Å². The first-order valence-corrected chi connectivity index (χ1v) is 8.12. The Balaban J connectivity index is 1.74. The van der Waals surface area contributed by atoms with Crippen LogP contribution in [0.5, 0.6) is 0 Å². The molecule has 23 heavy (non-hydrogen) atoms. The Morgan fingerprint density at radius 3 is 2.57 bits per heavy atom. The number of rotatable bonds is 4. The Labute approximate surface area is 139 Å². The molecular weight excluding hydrogens is 316 g/mol. The molecule has 0 bridgehead atoms. The van der Waals surface area contributed by atoms with Crippen molar-refractivity contribution in [3.63, 3.8) is 0 Å². The second kappa shape index (κ2) is 5.92. The summed E-state index contributed by atoms with van der Waals surface area (Å²) < 4.78 is 0. The van der Waals surface area contributed by atoms with Crippen LogP contribution in [0.25, 0.3) is 0 Å². The number of halogens is 1. The Morgan fingerprint density at radius 2 is 2.04 bits per heavy atom. The van der Waals surface area contributed by atoms with E-state index in [1.807, 2.05) is 6.07 Å². The summed E-state index contributed by atoms with van der Waals surface area (Å²) in [5.41, 5.74) is 7.14. The van der Waals surface area contributed by atoms with E-state index in [1.54, 1.807) is 11.0 Å². The van der Waals surface area contributed by atoms with Gasteiger partial charge < -0.3 is 16.0 Å². The van der Waals surface area contributed by atoms with E-state index in [9.17, 15) is 9.70 Å². The highest BCUT2D eigenvalue weighted by molar-refractivity contribution is 6.31. The van der Waals surface area contributed by atoms with Crippen LogP contribution < -0.4 is 5.73 Å². The topological polar surface area (TPSA) is 99.6 Å². The van der Waals surface area contributed by atoms with Gasteiger partial charge >= 0.3 is 0 Å². The van der Waals surface area contributed by atoms with Crippen molar-refractivity contribution >= 4 is 29.4 Å². The highest BCUT2D eigenvalue weighted by Gasteiger charge is 2.54. The Hall–Kier alpha value is -1.95. The Bertz CT molecular complexity index is 664. The van der Waals surface area contributed by atoms with Gasteiger partial charge in [-0.1, -0.05) is 16.8 Å². The number of carbonyl (C=O) groups excluding carboxylic acids is 1. The van der Waals surface area contributed by atoms with Crippen molar-refractivity contribution in [2.24, 2.45) is 5.18 Å². The largest absolute Gasteiger partial charge is 0.398 e. The highest BCUT2D eigenvalue weighted by Crippen LogP contribution is 2.42. The lowest BCUT2D eigenvalue weighted by Crippen LogP contribution is -2.44. The maximum atomic E-state index is 12.3. The van der Waals surface area contributed by atoms with Gasteiger partial charge in [0, 0.05) is 35.6 Å². The molecular formula is C16H19ClN4O2. The van der Waals surface area contributed by atoms with Gasteiger partial charge in [-0.15, -0.1) is 4.91 Å². The molecule has 1 heterocycles. The van der Waals surface area contributed by atoms with Gasteiger partial charge in [0.25, 0.3) is 5.91 Å². The third-order valence-electron chi connectivity index (χ3n) is 4.87. The zero-order valence-electron chi connectivity index (χ0n) is 12.7. The molecule has 0 aromatic heterocycles. The average molecular weight is 335 g/mol. The Morgan fingerprint density at radius 1 is 1.39 bits per heavy atom. The van der Waals surface area contributed by atoms with Crippen LogP contribution in [-0.2, 0) is 4.79 Å². The fraction of sp³-hybridized carbons (Fsp3) is 0.500. The van der Waals surface area contributed by atoms with E-state index < -0.39 is 5.54 Å². The first-order chi connectivity index (χ1) is 11.0. The SMILES string of the molecule is N=Cc1c(N)cc(Cl)cc1C1CCN(C(=O)C2(N=O)CC2)CC1. The zero-order chi connectivity index (χ0) is 16.6. The molecule has 1 aliphatic carbocycles. The van der Waals surface area contributed by atoms with Crippen LogP contribution in [-0.4, -0.2) is 35.7 Å². The molecule has 2 aliphatic rings. The monoisotopic (exact) mass is 334 g/mol. The number of hydrogen-bond acceptors (Lipinski definition) is 5. The quantitative estimate of drug-likeness (QED) is 0.503. The van der Waals surface area contributed by atoms with Gasteiger partial charge in [-0.2, -0.15) is 0 Å². The highest BCUT2D eigenvalue weighted by atomic mass is 35.5. The molecule has 0 radical (unpaired) electrons. The van der Waals surface area contributed by atoms with Crippen LogP contribution in [0, 0.1) is 10.3 Å². The first kappa shape index (κ1) is 15.9. The minimum absolute atomic E-state index is 0.135. The predicted molar refractivity (Wildman–Crippen MR) is 90.1 cm³/mol. The van der Waals surface area contributed by atoms with Gasteiger partial charge in [-0.25, -0.2) is 0 Å². The standard InChI is InChI=1S/C16H19ClN4O2/c17-11-7-12(13(9-18)14(19)8-11)10-1-5-21(6-2-10)15(22)16(20-23)3-4-16/h7-10,18H,1-6,19H2. The van der Waals surface area contributed by atoms with E-state index in [-0.39, 0.29) is 11.8 Å². The van der Waals surface area contributed by atoms with Gasteiger partial charge in [-0.05, 0) is 49.3 Å². The number of benzene rings is 1. The number of carbonyl (C=O) groups is 1. The van der Waals surface area contributed by atoms with Crippen molar-refractivity contribution in [1.82, 2.24) is 4.90 Å². The number of nitroso groups, excluding NO2 is 1. The number of nitrogens with two attached hydrogens (primary N) is 1. The van der Waals surface area contributed by atoms with Crippen LogP contribution >= 0.6 is 11.6 Å². The predicted octanol–water partition coefficient (Wildman–Crippen LogP) is 2.92. The molecule has 0 spiro atoms. The molecule has 1 saturated heterocycles. The third-order valence-corrected chi connectivity index (χ3v) is 5.09. The molecule has 3 N–H and O–H groups in total. The number of likely N-dealkylation sites (tertiary alicyclic amines) is 1. The van der Waals surface area contributed by atoms with Gasteiger partial charge in [0.1, 0.15) is 0 Å². The molecule has 1 amide bonds. The summed E-state index contributed by atoms with van der Waals surface area (Å²) in [5, 5.41) is 11.2. The molecule has 2 fully saturated rings. The minimum Gasteiger partial charge on any atom is -0.398 e. The smallest absolute Gasteiger partial charge is 0.254 e. The number of nitrogens with one attached hydrogen (secondary N) is 1. The van der Waals surface area contributed by atoms with Crippen LogP contribution in [0.3, 0.4) is 0 Å². The van der Waals surface area contributed by atoms with Crippen LogP contribution in [0.1, 0.15) is 42.7 Å². The van der Waals surface area contributed by atoms with Crippen molar-refractivity contribution in [2.75, 3.05) is 18.8 Å². The van der Waals surface area contributed by atoms with E-state index in [0.717, 1.165) is 18.4 Å². The third kappa shape index (κ3) is 2.83. The second-order valence-electron chi connectivity index (χ2n) is 6.33. The fourth-order valence-electron chi connectivity index (χ4n) is 3.32. The summed E-state index contributed by atoms with van der Waals surface area (Å²) in [6.07, 6.45) is 3.92. The molecule has 1 saturated carbocycles. The summed E-state index contributed by atoms with van der Waals surface area (Å²) in [4.78, 5) is 24.9. The summed E-state index contributed by atoms with van der Waals surface area (Å²) in [7, 11) is 0. The van der Waals surface area contributed by atoms with E-state index in [2.05, 4.69) is 5.18 Å². The number of hydrogen-bond donors (Lipinski definition) is 2. The number of piperidine rings is 1. The van der Waals surface area contributed by atoms with Crippen molar-refractivity contribution < 1.29 is 4.79 Å². The molecule has 1 aromatic carbocycles. The van der Waals surface area contributed by atoms with Crippen molar-refractivity contribution in [2.45, 2.75) is 37.1 Å². The molecule has 0 unspecified atom stereocenters. The Kier molecular flexibility index (Phi) is 4.10. The van der Waals surface area contributed by atoms with E-state index >= 15 is 0 Å². The lowest BCUT2D eigenvalue weighted by Gasteiger charge is -2.34. The normalized spacial score (nSPS) is 20.1. The van der Waals surface area contributed by atoms with Gasteiger partial charge in [-0.3, -0.25) is 4.79 Å². The van der Waals surface area contributed by atoms with Gasteiger partial charge in [0.15, 0.2) is 5.54 Å². The summed E-state index contributed by atoms with van der Waals surface area (Å²) in [6.45, 7) is 1.18. The summed E-state index contributed by atoms with van der Waals surface area (Å²) >= 11 is 6.10. The van der Waals surface area contributed by atoms with Gasteiger partial charge in [0.2, 0.25) is 0 Å². The molecule has 0 atom stereocenters. The van der Waals surface area contributed by atoms with E-state index in [4.69, 9.17) is 22.7 Å². The lowest BCUT2D eigenvalue weighted by molar-refractivity contribution is -0.134. The number of nitrogen functional groups attached to an aromatic ring is 1. The van der Waals surface area contributed by atoms with Crippen LogP contribution in [0.2, 0.25) is 5.02 Å². The number of nitrogens with zero attached hydrogens (tertiary/aromatic N) is 2. The van der Waals surface area contributed by atoms with E-state index in [1.165, 1.54) is 6.21 Å². The molecule has 122 valence electrons. The lowest BCUT2D eigenvalue weighted by atomic mass is 9.86. The summed E-state index contributed by atoms with van der Waals surface area (Å²) in [6, 6.07) is 3.51. The number of amides is 1. The van der Waals surface area contributed by atoms with Crippen molar-refractivity contribution in [1.29, 1.82) is 5.41 Å². The van der Waals surface area contributed by atoms with Crippen LogP contribution in [0.15, 0.2) is 17.3 Å². The average Bonchev–Trinajstić information content (AvgIpc) is 3.35. The van der Waals surface area contributed by atoms with Crippen molar-refractivity contribution in [3.05, 3.63) is 33.2 Å². The molecule has 7 heteroatoms. The zero-order valence-corrected chi connectivity index (χ0v) is 13.5. The first-order valence-electron chi connectivity index (χ1n) is 7.74. The number of anilines is 1. The van der Waals surface area contributed by atoms with Gasteiger partial charge in [0.05, 0.1) is 0 Å². The second-order valence-corrected chi connectivity index (χ2v) is 6.77. The molecule has 6 nitrogen and oxygen atoms in total. The molecule has 1 aliphatic heterocycles. The fourth-order valence-corrected chi connectivity index (χ4v) is 3.55. The maximum absolute atomic E-state index is 12.3. The van der Waals surface area contributed by atoms with E-state index in [0.29, 0.717) is 42.2 Å². The molecule has 1 aromatic rings. The minimum atomic E-state index is -0.979. The van der Waals surface area contributed by atoms with Crippen molar-refractivity contribution in [3.8, 4) is 0 Å². The molecule has 3 rings (SSSR count).